The van der Waals surface area contributed by atoms with Crippen molar-refractivity contribution in [3.05, 3.63) is 84.2 Å². The molecular formula is C24H25N3O4. The fourth-order valence-electron chi connectivity index (χ4n) is 2.98. The summed E-state index contributed by atoms with van der Waals surface area (Å²) in [5.41, 5.74) is 1.67. The van der Waals surface area contributed by atoms with Crippen LogP contribution in [0.3, 0.4) is 0 Å². The van der Waals surface area contributed by atoms with Gasteiger partial charge in [-0.05, 0) is 42.3 Å². The van der Waals surface area contributed by atoms with E-state index in [0.717, 1.165) is 5.56 Å². The van der Waals surface area contributed by atoms with Crippen molar-refractivity contribution in [3.63, 3.8) is 0 Å². The van der Waals surface area contributed by atoms with Crippen LogP contribution in [0.15, 0.2) is 73.1 Å². The predicted octanol–water partition coefficient (Wildman–Crippen LogP) is 3.82. The Morgan fingerprint density at radius 2 is 1.74 bits per heavy atom. The van der Waals surface area contributed by atoms with Crippen molar-refractivity contribution in [2.45, 2.75) is 26.0 Å². The van der Waals surface area contributed by atoms with E-state index in [4.69, 9.17) is 9.47 Å². The van der Waals surface area contributed by atoms with Gasteiger partial charge < -0.3 is 20.1 Å². The van der Waals surface area contributed by atoms with Gasteiger partial charge in [-0.15, -0.1) is 0 Å². The number of rotatable bonds is 9. The second-order valence-corrected chi connectivity index (χ2v) is 6.74. The number of ether oxygens (including phenoxy) is 2. The molecule has 7 heteroatoms. The van der Waals surface area contributed by atoms with Crippen molar-refractivity contribution >= 4 is 17.5 Å². The third-order valence-corrected chi connectivity index (χ3v) is 4.61. The molecular weight excluding hydrogens is 394 g/mol. The van der Waals surface area contributed by atoms with Crippen LogP contribution in [-0.2, 0) is 11.3 Å². The highest BCUT2D eigenvalue weighted by Crippen LogP contribution is 2.27. The van der Waals surface area contributed by atoms with Gasteiger partial charge in [0.2, 0.25) is 0 Å². The summed E-state index contributed by atoms with van der Waals surface area (Å²) in [5, 5.41) is 5.67. The second-order valence-electron chi connectivity index (χ2n) is 6.74. The summed E-state index contributed by atoms with van der Waals surface area (Å²) < 4.78 is 11.2. The molecule has 0 aliphatic rings. The molecule has 0 fully saturated rings. The summed E-state index contributed by atoms with van der Waals surface area (Å²) in [6, 6.07) is 17.7. The number of benzene rings is 2. The van der Waals surface area contributed by atoms with Gasteiger partial charge in [0.1, 0.15) is 0 Å². The number of carbonyl (C=O) groups excluding carboxylic acids is 2. The third-order valence-electron chi connectivity index (χ3n) is 4.61. The molecule has 2 aromatic carbocycles. The molecule has 0 saturated heterocycles. The minimum absolute atomic E-state index is 0.293. The second kappa shape index (κ2) is 10.8. The number of amides is 2. The average Bonchev–Trinajstić information content (AvgIpc) is 2.82. The van der Waals surface area contributed by atoms with E-state index in [1.165, 1.54) is 0 Å². The standard InChI is InChI=1S/C24H25N3O4/c1-3-20(31-22-13-7-6-12-21(22)30-2)24(29)27-19-11-5-4-10-18(19)23(28)26-16-17-9-8-14-25-15-17/h4-15,20H,3,16H2,1-2H3,(H,26,28)(H,27,29)/t20-/m0/s1. The maximum absolute atomic E-state index is 12.9. The minimum Gasteiger partial charge on any atom is -0.493 e. The topological polar surface area (TPSA) is 89.5 Å². The van der Waals surface area contributed by atoms with E-state index < -0.39 is 6.10 Å². The van der Waals surface area contributed by atoms with Gasteiger partial charge in [0.25, 0.3) is 11.8 Å². The molecule has 0 radical (unpaired) electrons. The smallest absolute Gasteiger partial charge is 0.265 e. The van der Waals surface area contributed by atoms with Crippen molar-refractivity contribution in [2.75, 3.05) is 12.4 Å². The molecule has 1 heterocycles. The first-order valence-electron chi connectivity index (χ1n) is 9.99. The van der Waals surface area contributed by atoms with Crippen LogP contribution in [0.25, 0.3) is 0 Å². The van der Waals surface area contributed by atoms with Crippen LogP contribution >= 0.6 is 0 Å². The number of hydrogen-bond donors (Lipinski definition) is 2. The van der Waals surface area contributed by atoms with E-state index in [1.807, 2.05) is 31.2 Å². The number of anilines is 1. The normalized spacial score (nSPS) is 11.3. The first-order valence-corrected chi connectivity index (χ1v) is 9.99. The van der Waals surface area contributed by atoms with Gasteiger partial charge >= 0.3 is 0 Å². The fraction of sp³-hybridized carbons (Fsp3) is 0.208. The van der Waals surface area contributed by atoms with E-state index >= 15 is 0 Å². The average molecular weight is 419 g/mol. The number of pyridine rings is 1. The number of nitrogens with one attached hydrogen (secondary N) is 2. The van der Waals surface area contributed by atoms with E-state index in [1.54, 1.807) is 55.9 Å². The first kappa shape index (κ1) is 21.8. The Morgan fingerprint density at radius 3 is 2.45 bits per heavy atom. The van der Waals surface area contributed by atoms with Crippen molar-refractivity contribution in [3.8, 4) is 11.5 Å². The molecule has 3 rings (SSSR count). The molecule has 31 heavy (non-hydrogen) atoms. The molecule has 0 spiro atoms. The summed E-state index contributed by atoms with van der Waals surface area (Å²) >= 11 is 0. The van der Waals surface area contributed by atoms with Gasteiger partial charge in [-0.1, -0.05) is 37.3 Å². The molecule has 0 unspecified atom stereocenters. The van der Waals surface area contributed by atoms with Crippen LogP contribution in [0, 0.1) is 0 Å². The fourth-order valence-corrected chi connectivity index (χ4v) is 2.98. The van der Waals surface area contributed by atoms with E-state index in [0.29, 0.717) is 35.7 Å². The Labute approximate surface area is 181 Å². The maximum Gasteiger partial charge on any atom is 0.265 e. The number of para-hydroxylation sites is 3. The molecule has 0 bridgehead atoms. The van der Waals surface area contributed by atoms with Crippen LogP contribution in [0.5, 0.6) is 11.5 Å². The zero-order valence-corrected chi connectivity index (χ0v) is 17.5. The van der Waals surface area contributed by atoms with E-state index in [2.05, 4.69) is 15.6 Å². The zero-order chi connectivity index (χ0) is 22.1. The Kier molecular flexibility index (Phi) is 7.59. The lowest BCUT2D eigenvalue weighted by atomic mass is 10.1. The summed E-state index contributed by atoms with van der Waals surface area (Å²) in [7, 11) is 1.55. The molecule has 1 aromatic heterocycles. The van der Waals surface area contributed by atoms with Crippen molar-refractivity contribution in [1.82, 2.24) is 10.3 Å². The SMILES string of the molecule is CC[C@H](Oc1ccccc1OC)C(=O)Nc1ccccc1C(=O)NCc1cccnc1. The van der Waals surface area contributed by atoms with E-state index in [9.17, 15) is 9.59 Å². The Hall–Kier alpha value is -3.87. The lowest BCUT2D eigenvalue weighted by Crippen LogP contribution is -2.33. The molecule has 0 saturated carbocycles. The Balaban J connectivity index is 1.69. The van der Waals surface area contributed by atoms with Crippen LogP contribution in [0.1, 0.15) is 29.3 Å². The number of methoxy groups -OCH3 is 1. The third kappa shape index (κ3) is 5.82. The van der Waals surface area contributed by atoms with Gasteiger partial charge in [-0.3, -0.25) is 14.6 Å². The van der Waals surface area contributed by atoms with Crippen molar-refractivity contribution in [1.29, 1.82) is 0 Å². The first-order chi connectivity index (χ1) is 15.1. The van der Waals surface area contributed by atoms with Crippen LogP contribution in [0.2, 0.25) is 0 Å². The molecule has 2 amide bonds. The summed E-state index contributed by atoms with van der Waals surface area (Å²) in [6.07, 6.45) is 3.06. The monoisotopic (exact) mass is 419 g/mol. The quantitative estimate of drug-likeness (QED) is 0.550. The number of hydrogen-bond acceptors (Lipinski definition) is 5. The lowest BCUT2D eigenvalue weighted by Gasteiger charge is -2.19. The molecule has 0 aliphatic heterocycles. The van der Waals surface area contributed by atoms with Gasteiger partial charge in [-0.2, -0.15) is 0 Å². The largest absolute Gasteiger partial charge is 0.493 e. The van der Waals surface area contributed by atoms with Gasteiger partial charge in [0.05, 0.1) is 18.4 Å². The number of aromatic nitrogens is 1. The maximum atomic E-state index is 12.9. The zero-order valence-electron chi connectivity index (χ0n) is 17.5. The van der Waals surface area contributed by atoms with Crippen LogP contribution in [-0.4, -0.2) is 30.0 Å². The summed E-state index contributed by atoms with van der Waals surface area (Å²) in [6.45, 7) is 2.19. The molecule has 0 aliphatic carbocycles. The lowest BCUT2D eigenvalue weighted by molar-refractivity contribution is -0.122. The van der Waals surface area contributed by atoms with Gasteiger partial charge in [0, 0.05) is 18.9 Å². The predicted molar refractivity (Wildman–Crippen MR) is 118 cm³/mol. The highest BCUT2D eigenvalue weighted by atomic mass is 16.5. The highest BCUT2D eigenvalue weighted by molar-refractivity contribution is 6.04. The molecule has 2 N–H and O–H groups in total. The van der Waals surface area contributed by atoms with Crippen LogP contribution < -0.4 is 20.1 Å². The Bertz CT molecular complexity index is 1020. The van der Waals surface area contributed by atoms with Crippen LogP contribution in [0.4, 0.5) is 5.69 Å². The van der Waals surface area contributed by atoms with Crippen molar-refractivity contribution in [2.24, 2.45) is 0 Å². The minimum atomic E-state index is -0.747. The highest BCUT2D eigenvalue weighted by Gasteiger charge is 2.22. The van der Waals surface area contributed by atoms with Crippen molar-refractivity contribution < 1.29 is 19.1 Å². The molecule has 3 aromatic rings. The molecule has 160 valence electrons. The van der Waals surface area contributed by atoms with Gasteiger partial charge in [0.15, 0.2) is 17.6 Å². The summed E-state index contributed by atoms with van der Waals surface area (Å²) in [4.78, 5) is 29.6. The van der Waals surface area contributed by atoms with Gasteiger partial charge in [-0.25, -0.2) is 0 Å². The molecule has 1 atom stereocenters. The summed E-state index contributed by atoms with van der Waals surface area (Å²) in [5.74, 6) is 0.387. The number of carbonyl (C=O) groups is 2. The number of nitrogens with zero attached hydrogens (tertiary/aromatic N) is 1. The molecule has 7 nitrogen and oxygen atoms in total. The Morgan fingerprint density at radius 1 is 1.00 bits per heavy atom. The van der Waals surface area contributed by atoms with E-state index in [-0.39, 0.29) is 11.8 Å².